The van der Waals surface area contributed by atoms with E-state index in [-0.39, 0.29) is 18.7 Å². The van der Waals surface area contributed by atoms with Crippen LogP contribution in [0.15, 0.2) is 42.6 Å². The highest BCUT2D eigenvalue weighted by Gasteiger charge is 2.27. The molecule has 0 aliphatic carbocycles. The van der Waals surface area contributed by atoms with E-state index in [9.17, 15) is 4.79 Å². The number of H-pyrrole nitrogens is 1. The normalized spacial score (nSPS) is 17.6. The van der Waals surface area contributed by atoms with E-state index in [1.165, 1.54) is 4.90 Å². The summed E-state index contributed by atoms with van der Waals surface area (Å²) in [4.78, 5) is 19.4. The molecule has 2 aliphatic heterocycles. The number of quaternary nitrogens is 1. The molecule has 0 bridgehead atoms. The third-order valence-corrected chi connectivity index (χ3v) is 5.19. The van der Waals surface area contributed by atoms with E-state index in [2.05, 4.69) is 21.3 Å². The maximum absolute atomic E-state index is 12.5. The molecule has 1 atom stereocenters. The zero-order valence-corrected chi connectivity index (χ0v) is 15.5. The Kier molecular flexibility index (Phi) is 5.11. The SMILES string of the molecule is C[C@H](NC(=O)C[NH+]1CCN(c2cccc[nH+]2)CC1)c1ccc2c(c1)OCO2. The van der Waals surface area contributed by atoms with Crippen LogP contribution >= 0.6 is 0 Å². The number of anilines is 1. The third kappa shape index (κ3) is 4.14. The molecule has 2 aromatic rings. The van der Waals surface area contributed by atoms with Gasteiger partial charge >= 0.3 is 0 Å². The average molecular weight is 370 g/mol. The maximum atomic E-state index is 12.5. The Morgan fingerprint density at radius 3 is 2.81 bits per heavy atom. The molecule has 2 aliphatic rings. The van der Waals surface area contributed by atoms with E-state index in [0.717, 1.165) is 49.1 Å². The highest BCUT2D eigenvalue weighted by molar-refractivity contribution is 5.77. The van der Waals surface area contributed by atoms with Crippen molar-refractivity contribution < 1.29 is 24.2 Å². The summed E-state index contributed by atoms with van der Waals surface area (Å²) in [5.41, 5.74) is 1.02. The maximum Gasteiger partial charge on any atom is 0.275 e. The fourth-order valence-electron chi connectivity index (χ4n) is 3.61. The lowest BCUT2D eigenvalue weighted by molar-refractivity contribution is -0.892. The number of rotatable bonds is 5. The van der Waals surface area contributed by atoms with Crippen LogP contribution in [-0.4, -0.2) is 45.4 Å². The monoisotopic (exact) mass is 370 g/mol. The van der Waals surface area contributed by atoms with Crippen molar-refractivity contribution in [2.24, 2.45) is 0 Å². The number of hydrogen-bond donors (Lipinski definition) is 2. The fourth-order valence-corrected chi connectivity index (χ4v) is 3.61. The predicted octanol–water partition coefficient (Wildman–Crippen LogP) is -0.188. The molecule has 0 saturated carbocycles. The van der Waals surface area contributed by atoms with Gasteiger partial charge in [-0.25, -0.2) is 4.98 Å². The molecule has 0 spiro atoms. The number of nitrogens with zero attached hydrogens (tertiary/aromatic N) is 1. The third-order valence-electron chi connectivity index (χ3n) is 5.19. The van der Waals surface area contributed by atoms with Gasteiger partial charge in [0.05, 0.1) is 12.2 Å². The molecule has 3 heterocycles. The van der Waals surface area contributed by atoms with Gasteiger partial charge in [-0.1, -0.05) is 12.1 Å². The van der Waals surface area contributed by atoms with Crippen LogP contribution in [0.2, 0.25) is 0 Å². The molecule has 1 saturated heterocycles. The second-order valence-corrected chi connectivity index (χ2v) is 7.06. The lowest BCUT2D eigenvalue weighted by Gasteiger charge is -2.28. The highest BCUT2D eigenvalue weighted by atomic mass is 16.7. The van der Waals surface area contributed by atoms with E-state index in [0.29, 0.717) is 6.54 Å². The molecular weight excluding hydrogens is 344 g/mol. The summed E-state index contributed by atoms with van der Waals surface area (Å²) in [6.45, 7) is 6.55. The van der Waals surface area contributed by atoms with Crippen molar-refractivity contribution in [2.45, 2.75) is 13.0 Å². The first-order valence-electron chi connectivity index (χ1n) is 9.43. The molecule has 1 aromatic heterocycles. The number of nitrogens with one attached hydrogen (secondary N) is 3. The van der Waals surface area contributed by atoms with Gasteiger partial charge in [-0.05, 0) is 30.7 Å². The molecule has 3 N–H and O–H groups in total. The summed E-state index contributed by atoms with van der Waals surface area (Å²) < 4.78 is 10.8. The number of aromatic nitrogens is 1. The topological polar surface area (TPSA) is 69.4 Å². The number of hydrogen-bond acceptors (Lipinski definition) is 4. The zero-order chi connectivity index (χ0) is 18.6. The molecule has 7 heteroatoms. The van der Waals surface area contributed by atoms with Crippen molar-refractivity contribution in [1.82, 2.24) is 5.32 Å². The molecule has 0 radical (unpaired) electrons. The van der Waals surface area contributed by atoms with Gasteiger partial charge in [0.2, 0.25) is 6.79 Å². The van der Waals surface area contributed by atoms with E-state index in [4.69, 9.17) is 9.47 Å². The van der Waals surface area contributed by atoms with Crippen molar-refractivity contribution in [3.63, 3.8) is 0 Å². The van der Waals surface area contributed by atoms with Crippen LogP contribution in [0.4, 0.5) is 5.82 Å². The number of piperazine rings is 1. The predicted molar refractivity (Wildman–Crippen MR) is 99.9 cm³/mol. The Labute approximate surface area is 158 Å². The summed E-state index contributed by atoms with van der Waals surface area (Å²) in [6, 6.07) is 11.9. The Morgan fingerprint density at radius 1 is 1.22 bits per heavy atom. The van der Waals surface area contributed by atoms with Crippen LogP contribution in [0, 0.1) is 0 Å². The van der Waals surface area contributed by atoms with E-state index < -0.39 is 0 Å². The minimum absolute atomic E-state index is 0.0633. The molecule has 0 unspecified atom stereocenters. The first-order valence-corrected chi connectivity index (χ1v) is 9.43. The standard InChI is InChI=1S/C20H24N4O3/c1-15(16-5-6-17-18(12-16)27-14-26-17)22-20(25)13-23-8-10-24(11-9-23)19-4-2-3-7-21-19/h2-7,12,15H,8-11,13-14H2,1H3,(H,22,25)/p+2/t15-/m0/s1. The Morgan fingerprint density at radius 2 is 2.04 bits per heavy atom. The van der Waals surface area contributed by atoms with Crippen molar-refractivity contribution in [3.8, 4) is 11.5 Å². The van der Waals surface area contributed by atoms with Crippen LogP contribution < -0.4 is 29.6 Å². The van der Waals surface area contributed by atoms with Crippen molar-refractivity contribution >= 4 is 11.7 Å². The Hall–Kier alpha value is -2.80. The Balaban J connectivity index is 1.26. The zero-order valence-electron chi connectivity index (χ0n) is 15.5. The van der Waals surface area contributed by atoms with E-state index in [1.54, 1.807) is 0 Å². The summed E-state index contributed by atoms with van der Waals surface area (Å²) in [6.07, 6.45) is 1.94. The molecule has 7 nitrogen and oxygen atoms in total. The first-order chi connectivity index (χ1) is 13.2. The molecule has 142 valence electrons. The number of carbonyl (C=O) groups excluding carboxylic acids is 1. The van der Waals surface area contributed by atoms with Gasteiger partial charge in [0.1, 0.15) is 26.2 Å². The molecule has 27 heavy (non-hydrogen) atoms. The number of pyridine rings is 1. The van der Waals surface area contributed by atoms with E-state index in [1.807, 2.05) is 43.5 Å². The fraction of sp³-hybridized carbons (Fsp3) is 0.400. The smallest absolute Gasteiger partial charge is 0.275 e. The quantitative estimate of drug-likeness (QED) is 0.766. The van der Waals surface area contributed by atoms with Crippen molar-refractivity contribution in [1.29, 1.82) is 0 Å². The van der Waals surface area contributed by atoms with E-state index >= 15 is 0 Å². The molecule has 1 aromatic carbocycles. The van der Waals surface area contributed by atoms with Gasteiger partial charge < -0.3 is 19.7 Å². The second kappa shape index (κ2) is 7.84. The van der Waals surface area contributed by atoms with Crippen LogP contribution in [0.25, 0.3) is 0 Å². The minimum Gasteiger partial charge on any atom is -0.454 e. The number of ether oxygens (including phenoxy) is 2. The summed E-state index contributed by atoms with van der Waals surface area (Å²) in [5.74, 6) is 2.72. The van der Waals surface area contributed by atoms with Crippen LogP contribution in [0.3, 0.4) is 0 Å². The summed E-state index contributed by atoms with van der Waals surface area (Å²) in [7, 11) is 0. The van der Waals surface area contributed by atoms with Gasteiger partial charge in [-0.3, -0.25) is 9.69 Å². The number of amides is 1. The van der Waals surface area contributed by atoms with Gasteiger partial charge in [-0.2, -0.15) is 0 Å². The number of benzene rings is 1. The lowest BCUT2D eigenvalue weighted by Crippen LogP contribution is -3.16. The van der Waals surface area contributed by atoms with Crippen molar-refractivity contribution in [3.05, 3.63) is 48.2 Å². The molecule has 4 rings (SSSR count). The van der Waals surface area contributed by atoms with Crippen LogP contribution in [0.5, 0.6) is 11.5 Å². The second-order valence-electron chi connectivity index (χ2n) is 7.06. The minimum atomic E-state index is -0.0633. The van der Waals surface area contributed by atoms with Gasteiger partial charge in [0, 0.05) is 6.07 Å². The van der Waals surface area contributed by atoms with Gasteiger partial charge in [0.15, 0.2) is 18.0 Å². The average Bonchev–Trinajstić information content (AvgIpc) is 3.17. The lowest BCUT2D eigenvalue weighted by atomic mass is 10.1. The molecule has 1 amide bonds. The molecule has 1 fully saturated rings. The number of fused-ring (bicyclic) bond motifs is 1. The Bertz CT molecular complexity index is 791. The first kappa shape index (κ1) is 17.6. The van der Waals surface area contributed by atoms with Crippen LogP contribution in [-0.2, 0) is 4.79 Å². The van der Waals surface area contributed by atoms with Crippen molar-refractivity contribution in [2.75, 3.05) is 44.4 Å². The van der Waals surface area contributed by atoms with Gasteiger partial charge in [0.25, 0.3) is 11.7 Å². The highest BCUT2D eigenvalue weighted by Crippen LogP contribution is 2.34. The van der Waals surface area contributed by atoms with Crippen LogP contribution in [0.1, 0.15) is 18.5 Å². The number of carbonyl (C=O) groups is 1. The summed E-state index contributed by atoms with van der Waals surface area (Å²) >= 11 is 0. The molecular formula is C20H26N4O3+2. The largest absolute Gasteiger partial charge is 0.454 e. The number of aromatic amines is 1. The summed E-state index contributed by atoms with van der Waals surface area (Å²) in [5, 5.41) is 3.10. The van der Waals surface area contributed by atoms with Gasteiger partial charge in [-0.15, -0.1) is 0 Å².